The van der Waals surface area contributed by atoms with E-state index in [1.807, 2.05) is 4.90 Å². The van der Waals surface area contributed by atoms with Gasteiger partial charge in [-0.05, 0) is 30.7 Å². The smallest absolute Gasteiger partial charge is 0.254 e. The number of nitrogens with two attached hydrogens (primary N) is 1. The van der Waals surface area contributed by atoms with Crippen LogP contribution < -0.4 is 10.6 Å². The number of hydrogen-bond acceptors (Lipinski definition) is 4. The van der Waals surface area contributed by atoms with Crippen molar-refractivity contribution in [3.8, 4) is 0 Å². The molecule has 0 atom stereocenters. The number of hydrogen-bond donors (Lipinski definition) is 1. The molecule has 8 heteroatoms. The average molecular weight is 360 g/mol. The minimum absolute atomic E-state index is 0.0217. The minimum Gasteiger partial charge on any atom is -0.365 e. The lowest BCUT2D eigenvalue weighted by Gasteiger charge is -2.24. The molecule has 0 spiro atoms. The molecule has 1 aromatic heterocycles. The SMILES string of the molecule is NC(=O)c1cccnc1N1CCCN(C(=O)c2cc(F)cc(F)c2)CC1. The van der Waals surface area contributed by atoms with Gasteiger partial charge in [0.15, 0.2) is 0 Å². The van der Waals surface area contributed by atoms with E-state index in [1.54, 1.807) is 23.2 Å². The Morgan fingerprint density at radius 1 is 1.04 bits per heavy atom. The van der Waals surface area contributed by atoms with Crippen molar-refractivity contribution in [2.24, 2.45) is 5.73 Å². The highest BCUT2D eigenvalue weighted by Crippen LogP contribution is 2.19. The quantitative estimate of drug-likeness (QED) is 0.905. The second-order valence-electron chi connectivity index (χ2n) is 6.03. The van der Waals surface area contributed by atoms with Gasteiger partial charge in [-0.1, -0.05) is 0 Å². The van der Waals surface area contributed by atoms with Crippen molar-refractivity contribution in [1.82, 2.24) is 9.88 Å². The van der Waals surface area contributed by atoms with E-state index in [4.69, 9.17) is 5.73 Å². The number of carbonyl (C=O) groups excluding carboxylic acids is 2. The number of rotatable bonds is 3. The van der Waals surface area contributed by atoms with E-state index in [1.165, 1.54) is 0 Å². The van der Waals surface area contributed by atoms with Crippen LogP contribution in [0.5, 0.6) is 0 Å². The van der Waals surface area contributed by atoms with Crippen LogP contribution in [0.4, 0.5) is 14.6 Å². The molecule has 1 aromatic carbocycles. The van der Waals surface area contributed by atoms with Gasteiger partial charge >= 0.3 is 0 Å². The van der Waals surface area contributed by atoms with Crippen LogP contribution in [0.15, 0.2) is 36.5 Å². The lowest BCUT2D eigenvalue weighted by Crippen LogP contribution is -2.36. The van der Waals surface area contributed by atoms with E-state index in [2.05, 4.69) is 4.98 Å². The fourth-order valence-corrected chi connectivity index (χ4v) is 3.03. The van der Waals surface area contributed by atoms with Crippen molar-refractivity contribution >= 4 is 17.6 Å². The second kappa shape index (κ2) is 7.47. The molecule has 1 aliphatic rings. The summed E-state index contributed by atoms with van der Waals surface area (Å²) < 4.78 is 26.7. The van der Waals surface area contributed by atoms with Gasteiger partial charge in [0.1, 0.15) is 17.5 Å². The van der Waals surface area contributed by atoms with Gasteiger partial charge in [0, 0.05) is 44.0 Å². The molecule has 2 aromatic rings. The summed E-state index contributed by atoms with van der Waals surface area (Å²) in [4.78, 5) is 31.8. The molecular formula is C18H18F2N4O2. The standard InChI is InChI=1S/C18H18F2N4O2/c19-13-9-12(10-14(20)11-13)18(26)24-6-2-5-23(7-8-24)17-15(16(21)25)3-1-4-22-17/h1,3-4,9-11H,2,5-8H2,(H2,21,25). The summed E-state index contributed by atoms with van der Waals surface area (Å²) in [6.45, 7) is 1.79. The van der Waals surface area contributed by atoms with Gasteiger partial charge in [0.25, 0.3) is 11.8 Å². The van der Waals surface area contributed by atoms with Crippen LogP contribution >= 0.6 is 0 Å². The number of pyridine rings is 1. The third-order valence-corrected chi connectivity index (χ3v) is 4.24. The average Bonchev–Trinajstić information content (AvgIpc) is 2.86. The zero-order valence-electron chi connectivity index (χ0n) is 14.0. The number of carbonyl (C=O) groups is 2. The minimum atomic E-state index is -0.788. The summed E-state index contributed by atoms with van der Waals surface area (Å²) in [5.74, 6) is -2.10. The number of halogens is 2. The fraction of sp³-hybridized carbons (Fsp3) is 0.278. The van der Waals surface area contributed by atoms with Crippen molar-refractivity contribution in [3.63, 3.8) is 0 Å². The van der Waals surface area contributed by atoms with Crippen LogP contribution in [0.2, 0.25) is 0 Å². The van der Waals surface area contributed by atoms with E-state index in [0.29, 0.717) is 44.0 Å². The molecule has 1 fully saturated rings. The molecule has 2 amide bonds. The molecule has 2 N–H and O–H groups in total. The highest BCUT2D eigenvalue weighted by molar-refractivity contribution is 5.97. The Bertz CT molecular complexity index is 823. The second-order valence-corrected chi connectivity index (χ2v) is 6.03. The maximum atomic E-state index is 13.4. The lowest BCUT2D eigenvalue weighted by atomic mass is 10.2. The monoisotopic (exact) mass is 360 g/mol. The summed E-state index contributed by atoms with van der Waals surface area (Å²) >= 11 is 0. The molecule has 26 heavy (non-hydrogen) atoms. The van der Waals surface area contributed by atoms with Gasteiger partial charge < -0.3 is 15.5 Å². The topological polar surface area (TPSA) is 79.5 Å². The van der Waals surface area contributed by atoms with Crippen LogP contribution in [0.1, 0.15) is 27.1 Å². The predicted molar refractivity (Wildman–Crippen MR) is 91.8 cm³/mol. The van der Waals surface area contributed by atoms with Crippen molar-refractivity contribution in [3.05, 3.63) is 59.3 Å². The number of benzene rings is 1. The van der Waals surface area contributed by atoms with E-state index >= 15 is 0 Å². The molecule has 1 aliphatic heterocycles. The largest absolute Gasteiger partial charge is 0.365 e. The van der Waals surface area contributed by atoms with Gasteiger partial charge in [-0.25, -0.2) is 13.8 Å². The molecular weight excluding hydrogens is 342 g/mol. The molecule has 1 saturated heterocycles. The van der Waals surface area contributed by atoms with Crippen LogP contribution in [0.3, 0.4) is 0 Å². The Labute approximate surface area is 149 Å². The van der Waals surface area contributed by atoms with Crippen LogP contribution in [-0.4, -0.2) is 47.9 Å². The first-order valence-electron chi connectivity index (χ1n) is 8.21. The fourth-order valence-electron chi connectivity index (χ4n) is 3.03. The number of aromatic nitrogens is 1. The van der Waals surface area contributed by atoms with Crippen molar-refractivity contribution < 1.29 is 18.4 Å². The Morgan fingerprint density at radius 2 is 1.77 bits per heavy atom. The normalized spacial score (nSPS) is 14.8. The summed E-state index contributed by atoms with van der Waals surface area (Å²) in [6, 6.07) is 6.02. The van der Waals surface area contributed by atoms with Gasteiger partial charge in [0.2, 0.25) is 0 Å². The van der Waals surface area contributed by atoms with Crippen LogP contribution in [-0.2, 0) is 0 Å². The van der Waals surface area contributed by atoms with E-state index < -0.39 is 23.4 Å². The Morgan fingerprint density at radius 3 is 2.46 bits per heavy atom. The molecule has 0 saturated carbocycles. The highest BCUT2D eigenvalue weighted by atomic mass is 19.1. The Balaban J connectivity index is 1.76. The van der Waals surface area contributed by atoms with Crippen molar-refractivity contribution in [2.45, 2.75) is 6.42 Å². The first-order valence-corrected chi connectivity index (χ1v) is 8.21. The molecule has 2 heterocycles. The van der Waals surface area contributed by atoms with Gasteiger partial charge in [-0.15, -0.1) is 0 Å². The molecule has 0 radical (unpaired) electrons. The molecule has 6 nitrogen and oxygen atoms in total. The zero-order chi connectivity index (χ0) is 18.7. The maximum Gasteiger partial charge on any atom is 0.254 e. The summed E-state index contributed by atoms with van der Waals surface area (Å²) in [5, 5.41) is 0. The first kappa shape index (κ1) is 17.8. The third kappa shape index (κ3) is 3.79. The summed E-state index contributed by atoms with van der Waals surface area (Å²) in [6.07, 6.45) is 2.20. The Hall–Kier alpha value is -3.03. The highest BCUT2D eigenvalue weighted by Gasteiger charge is 2.23. The Kier molecular flexibility index (Phi) is 5.11. The van der Waals surface area contributed by atoms with Gasteiger partial charge in [-0.3, -0.25) is 9.59 Å². The number of anilines is 1. The van der Waals surface area contributed by atoms with Crippen LogP contribution in [0.25, 0.3) is 0 Å². The zero-order valence-corrected chi connectivity index (χ0v) is 14.0. The first-order chi connectivity index (χ1) is 12.5. The third-order valence-electron chi connectivity index (χ3n) is 4.24. The van der Waals surface area contributed by atoms with E-state index in [0.717, 1.165) is 18.2 Å². The van der Waals surface area contributed by atoms with Crippen LogP contribution in [0, 0.1) is 11.6 Å². The van der Waals surface area contributed by atoms with Crippen molar-refractivity contribution in [2.75, 3.05) is 31.1 Å². The number of nitrogens with zero attached hydrogens (tertiary/aromatic N) is 3. The van der Waals surface area contributed by atoms with E-state index in [9.17, 15) is 18.4 Å². The van der Waals surface area contributed by atoms with Crippen molar-refractivity contribution in [1.29, 1.82) is 0 Å². The predicted octanol–water partition coefficient (Wildman–Crippen LogP) is 1.81. The lowest BCUT2D eigenvalue weighted by molar-refractivity contribution is 0.0765. The molecule has 3 rings (SSSR count). The summed E-state index contributed by atoms with van der Waals surface area (Å²) in [5.41, 5.74) is 5.70. The molecule has 0 aliphatic carbocycles. The van der Waals surface area contributed by atoms with Gasteiger partial charge in [-0.2, -0.15) is 0 Å². The van der Waals surface area contributed by atoms with Gasteiger partial charge in [0.05, 0.1) is 5.56 Å². The van der Waals surface area contributed by atoms with E-state index in [-0.39, 0.29) is 5.56 Å². The molecule has 136 valence electrons. The number of primary amides is 1. The number of amides is 2. The summed E-state index contributed by atoms with van der Waals surface area (Å²) in [7, 11) is 0. The maximum absolute atomic E-state index is 13.4. The molecule has 0 unspecified atom stereocenters. The molecule has 0 bridgehead atoms.